The average molecular weight is 278 g/mol. The van der Waals surface area contributed by atoms with E-state index in [1.165, 1.54) is 6.33 Å². The highest BCUT2D eigenvalue weighted by atomic mass is 16.5. The molecule has 1 aromatic heterocycles. The molecule has 2 aliphatic rings. The first-order valence-electron chi connectivity index (χ1n) is 6.91. The molecule has 1 saturated heterocycles. The molecule has 1 aliphatic carbocycles. The van der Waals surface area contributed by atoms with E-state index in [0.29, 0.717) is 18.9 Å². The van der Waals surface area contributed by atoms with Crippen LogP contribution in [0.15, 0.2) is 10.9 Å². The Labute approximate surface area is 116 Å². The van der Waals surface area contributed by atoms with E-state index in [2.05, 4.69) is 15.5 Å². The fourth-order valence-corrected chi connectivity index (χ4v) is 2.78. The molecule has 1 aliphatic heterocycles. The van der Waals surface area contributed by atoms with Crippen molar-refractivity contribution in [2.75, 3.05) is 6.54 Å². The van der Waals surface area contributed by atoms with Crippen LogP contribution in [0, 0.1) is 5.92 Å². The summed E-state index contributed by atoms with van der Waals surface area (Å²) in [6.45, 7) is 3.99. The van der Waals surface area contributed by atoms with E-state index in [0.717, 1.165) is 12.8 Å². The molecule has 0 radical (unpaired) electrons. The summed E-state index contributed by atoms with van der Waals surface area (Å²) >= 11 is 0. The van der Waals surface area contributed by atoms with Gasteiger partial charge in [0, 0.05) is 13.0 Å². The second-order valence-corrected chi connectivity index (χ2v) is 5.73. The van der Waals surface area contributed by atoms with Crippen LogP contribution < -0.4 is 5.32 Å². The number of amides is 2. The fourth-order valence-electron chi connectivity index (χ4n) is 2.78. The zero-order valence-corrected chi connectivity index (χ0v) is 11.6. The van der Waals surface area contributed by atoms with Crippen molar-refractivity contribution < 1.29 is 14.1 Å². The van der Waals surface area contributed by atoms with E-state index < -0.39 is 11.6 Å². The molecule has 0 bridgehead atoms. The van der Waals surface area contributed by atoms with E-state index >= 15 is 0 Å². The van der Waals surface area contributed by atoms with Crippen LogP contribution in [-0.4, -0.2) is 45.0 Å². The molecule has 2 amide bonds. The van der Waals surface area contributed by atoms with Crippen molar-refractivity contribution in [2.45, 2.75) is 44.7 Å². The van der Waals surface area contributed by atoms with Crippen molar-refractivity contribution in [1.29, 1.82) is 0 Å². The molecule has 1 N–H and O–H groups in total. The molecule has 108 valence electrons. The van der Waals surface area contributed by atoms with Crippen molar-refractivity contribution in [3.05, 3.63) is 12.2 Å². The van der Waals surface area contributed by atoms with Gasteiger partial charge in [-0.2, -0.15) is 4.98 Å². The summed E-state index contributed by atoms with van der Waals surface area (Å²) in [6, 6.07) is -0.461. The maximum Gasteiger partial charge on any atom is 0.249 e. The van der Waals surface area contributed by atoms with Gasteiger partial charge in [0.1, 0.15) is 11.6 Å². The third-order valence-electron chi connectivity index (χ3n) is 4.30. The van der Waals surface area contributed by atoms with E-state index in [1.54, 1.807) is 11.8 Å². The largest absolute Gasteiger partial charge is 0.340 e. The first-order chi connectivity index (χ1) is 9.52. The Morgan fingerprint density at radius 2 is 2.25 bits per heavy atom. The zero-order chi connectivity index (χ0) is 14.3. The van der Waals surface area contributed by atoms with E-state index in [4.69, 9.17) is 4.52 Å². The molecule has 0 aromatic carbocycles. The lowest BCUT2D eigenvalue weighted by atomic mass is 9.89. The summed E-state index contributed by atoms with van der Waals surface area (Å²) in [6.07, 6.45) is 3.78. The highest BCUT2D eigenvalue weighted by Crippen LogP contribution is 2.42. The Hall–Kier alpha value is -1.92. The number of aromatic nitrogens is 2. The maximum absolute atomic E-state index is 12.7. The number of hydrogen-bond donors (Lipinski definition) is 1. The third kappa shape index (κ3) is 2.07. The zero-order valence-electron chi connectivity index (χ0n) is 11.6. The highest BCUT2D eigenvalue weighted by Gasteiger charge is 2.54. The number of carbonyl (C=O) groups excluding carboxylic acids is 2. The van der Waals surface area contributed by atoms with Crippen molar-refractivity contribution in [3.63, 3.8) is 0 Å². The lowest BCUT2D eigenvalue weighted by Crippen LogP contribution is -2.69. The quantitative estimate of drug-likeness (QED) is 0.845. The number of hydrogen-bond acceptors (Lipinski definition) is 5. The van der Waals surface area contributed by atoms with E-state index in [9.17, 15) is 9.59 Å². The Morgan fingerprint density at radius 1 is 1.50 bits per heavy atom. The van der Waals surface area contributed by atoms with Gasteiger partial charge >= 0.3 is 0 Å². The summed E-state index contributed by atoms with van der Waals surface area (Å²) in [5.74, 6) is 0.637. The van der Waals surface area contributed by atoms with Crippen LogP contribution in [0.1, 0.15) is 32.6 Å². The Bertz CT molecular complexity index is 526. The molecule has 20 heavy (non-hydrogen) atoms. The van der Waals surface area contributed by atoms with Gasteiger partial charge in [-0.3, -0.25) is 9.59 Å². The van der Waals surface area contributed by atoms with E-state index in [-0.39, 0.29) is 17.7 Å². The fraction of sp³-hybridized carbons (Fsp3) is 0.692. The van der Waals surface area contributed by atoms with Crippen molar-refractivity contribution >= 4 is 11.8 Å². The van der Waals surface area contributed by atoms with Crippen molar-refractivity contribution in [1.82, 2.24) is 20.4 Å². The third-order valence-corrected chi connectivity index (χ3v) is 4.30. The second-order valence-electron chi connectivity index (χ2n) is 5.73. The number of nitrogens with zero attached hydrogens (tertiary/aromatic N) is 3. The van der Waals surface area contributed by atoms with Gasteiger partial charge in [0.2, 0.25) is 17.7 Å². The lowest BCUT2D eigenvalue weighted by Gasteiger charge is -2.43. The summed E-state index contributed by atoms with van der Waals surface area (Å²) in [5, 5.41) is 6.43. The predicted molar refractivity (Wildman–Crippen MR) is 68.4 cm³/mol. The molecule has 0 spiro atoms. The van der Waals surface area contributed by atoms with Gasteiger partial charge < -0.3 is 14.7 Å². The average Bonchev–Trinajstić information content (AvgIpc) is 3.15. The normalized spacial score (nSPS) is 30.5. The summed E-state index contributed by atoms with van der Waals surface area (Å²) in [5.41, 5.74) is -0.752. The topological polar surface area (TPSA) is 88.3 Å². The van der Waals surface area contributed by atoms with Crippen LogP contribution in [0.3, 0.4) is 0 Å². The van der Waals surface area contributed by atoms with Crippen LogP contribution in [0.5, 0.6) is 0 Å². The van der Waals surface area contributed by atoms with Gasteiger partial charge in [-0.1, -0.05) is 5.16 Å². The first kappa shape index (κ1) is 13.1. The molecule has 7 nitrogen and oxygen atoms in total. The monoisotopic (exact) mass is 278 g/mol. The first-order valence-corrected chi connectivity index (χ1v) is 6.91. The maximum atomic E-state index is 12.7. The number of nitrogens with one attached hydrogen (secondary N) is 1. The Kier molecular flexibility index (Phi) is 2.99. The van der Waals surface area contributed by atoms with Gasteiger partial charge in [-0.05, 0) is 32.6 Å². The van der Waals surface area contributed by atoms with Crippen LogP contribution in [0.25, 0.3) is 0 Å². The molecule has 2 heterocycles. The van der Waals surface area contributed by atoms with Gasteiger partial charge in [-0.25, -0.2) is 0 Å². The number of rotatable bonds is 4. The van der Waals surface area contributed by atoms with Crippen LogP contribution in [0.2, 0.25) is 0 Å². The number of piperazine rings is 1. The van der Waals surface area contributed by atoms with Gasteiger partial charge in [0.25, 0.3) is 0 Å². The standard InChI is InChI=1S/C13H18N4O3/c1-8-11(18)16-13(2,9-3-4-9)12(19)17(8)6-5-10-14-7-15-20-10/h7-9H,3-6H2,1-2H3,(H,16,18). The predicted octanol–water partition coefficient (Wildman–Crippen LogP) is 0.128. The second kappa shape index (κ2) is 4.57. The van der Waals surface area contributed by atoms with Crippen molar-refractivity contribution in [3.8, 4) is 0 Å². The van der Waals surface area contributed by atoms with Gasteiger partial charge in [0.15, 0.2) is 6.33 Å². The van der Waals surface area contributed by atoms with Gasteiger partial charge in [0.05, 0.1) is 0 Å². The Morgan fingerprint density at radius 3 is 2.85 bits per heavy atom. The minimum absolute atomic E-state index is 0.00776. The van der Waals surface area contributed by atoms with E-state index in [1.807, 2.05) is 6.92 Å². The van der Waals surface area contributed by atoms with Crippen molar-refractivity contribution in [2.24, 2.45) is 5.92 Å². The summed E-state index contributed by atoms with van der Waals surface area (Å²) in [4.78, 5) is 30.4. The molecular weight excluding hydrogens is 260 g/mol. The van der Waals surface area contributed by atoms with Crippen LogP contribution in [-0.2, 0) is 16.0 Å². The number of carbonyl (C=O) groups is 2. The van der Waals surface area contributed by atoms with Crippen LogP contribution >= 0.6 is 0 Å². The molecule has 1 saturated carbocycles. The molecule has 7 heteroatoms. The molecular formula is C13H18N4O3. The molecule has 1 aromatic rings. The highest BCUT2D eigenvalue weighted by molar-refractivity contribution is 5.99. The van der Waals surface area contributed by atoms with Gasteiger partial charge in [-0.15, -0.1) is 0 Å². The lowest BCUT2D eigenvalue weighted by molar-refractivity contribution is -0.154. The SMILES string of the molecule is CC1C(=O)NC(C)(C2CC2)C(=O)N1CCc1ncno1. The minimum Gasteiger partial charge on any atom is -0.340 e. The minimum atomic E-state index is -0.752. The molecule has 3 rings (SSSR count). The summed E-state index contributed by atoms with van der Waals surface area (Å²) < 4.78 is 4.93. The molecule has 2 fully saturated rings. The molecule has 2 unspecified atom stereocenters. The molecule has 2 atom stereocenters. The summed E-state index contributed by atoms with van der Waals surface area (Å²) in [7, 11) is 0. The van der Waals surface area contributed by atoms with Crippen LogP contribution in [0.4, 0.5) is 0 Å². The Balaban J connectivity index is 1.76. The smallest absolute Gasteiger partial charge is 0.249 e.